The van der Waals surface area contributed by atoms with Gasteiger partial charge in [-0.3, -0.25) is 0 Å². The molecule has 2 atom stereocenters. The van der Waals surface area contributed by atoms with Gasteiger partial charge in [0.15, 0.2) is 5.82 Å². The molecule has 5 nitrogen and oxygen atoms in total. The quantitative estimate of drug-likeness (QED) is 0.881. The van der Waals surface area contributed by atoms with Crippen LogP contribution in [0.25, 0.3) is 4.96 Å². The van der Waals surface area contributed by atoms with E-state index in [0.29, 0.717) is 17.8 Å². The minimum absolute atomic E-state index is 0.360. The van der Waals surface area contributed by atoms with Gasteiger partial charge >= 0.3 is 0 Å². The van der Waals surface area contributed by atoms with Crippen LogP contribution in [0.2, 0.25) is 0 Å². The molecule has 6 heteroatoms. The van der Waals surface area contributed by atoms with Crippen LogP contribution in [-0.4, -0.2) is 32.9 Å². The fourth-order valence-electron chi connectivity index (χ4n) is 2.30. The van der Waals surface area contributed by atoms with E-state index in [1.54, 1.807) is 11.3 Å². The van der Waals surface area contributed by atoms with Crippen molar-refractivity contribution < 1.29 is 0 Å². The Bertz CT molecular complexity index is 529. The predicted molar refractivity (Wildman–Crippen MR) is 67.5 cm³/mol. The van der Waals surface area contributed by atoms with Crippen molar-refractivity contribution >= 4 is 16.3 Å². The lowest BCUT2D eigenvalue weighted by molar-refractivity contribution is 0.560. The number of nitrogens with zero attached hydrogens (tertiary/aromatic N) is 4. The summed E-state index contributed by atoms with van der Waals surface area (Å²) in [4.78, 5) is 0.919. The Morgan fingerprint density at radius 1 is 1.35 bits per heavy atom. The van der Waals surface area contributed by atoms with Crippen LogP contribution in [0.15, 0.2) is 0 Å². The molecule has 1 saturated heterocycles. The lowest BCUT2D eigenvalue weighted by Crippen LogP contribution is -2.08. The molecule has 2 aromatic heterocycles. The average molecular weight is 251 g/mol. The van der Waals surface area contributed by atoms with Gasteiger partial charge in [0, 0.05) is 18.4 Å². The lowest BCUT2D eigenvalue weighted by atomic mass is 9.99. The maximum Gasteiger partial charge on any atom is 0.234 e. The van der Waals surface area contributed by atoms with E-state index >= 15 is 0 Å². The van der Waals surface area contributed by atoms with Gasteiger partial charge in [0.25, 0.3) is 0 Å². The van der Waals surface area contributed by atoms with Gasteiger partial charge in [-0.15, -0.1) is 10.2 Å². The first-order chi connectivity index (χ1) is 8.16. The molecule has 0 saturated carbocycles. The van der Waals surface area contributed by atoms with E-state index < -0.39 is 0 Å². The number of nitrogens with one attached hydrogen (secondary N) is 1. The van der Waals surface area contributed by atoms with Crippen LogP contribution in [0.1, 0.15) is 43.4 Å². The van der Waals surface area contributed by atoms with Crippen molar-refractivity contribution in [3.63, 3.8) is 0 Å². The molecule has 1 aliphatic heterocycles. The highest BCUT2D eigenvalue weighted by molar-refractivity contribution is 7.16. The Morgan fingerprint density at radius 3 is 2.82 bits per heavy atom. The SMILES string of the molecule is CC(C)c1nnc2sc([C@@H]3CNC[C@H]3C)nn12. The van der Waals surface area contributed by atoms with Crippen LogP contribution in [-0.2, 0) is 0 Å². The third kappa shape index (κ3) is 1.75. The van der Waals surface area contributed by atoms with Crippen molar-refractivity contribution in [2.24, 2.45) is 5.92 Å². The first-order valence-corrected chi connectivity index (χ1v) is 6.91. The molecule has 0 unspecified atom stereocenters. The molecule has 17 heavy (non-hydrogen) atoms. The third-order valence-corrected chi connectivity index (χ3v) is 4.41. The van der Waals surface area contributed by atoms with Gasteiger partial charge in [0.1, 0.15) is 5.01 Å². The van der Waals surface area contributed by atoms with Gasteiger partial charge in [-0.25, -0.2) is 0 Å². The van der Waals surface area contributed by atoms with Crippen LogP contribution < -0.4 is 5.32 Å². The summed E-state index contributed by atoms with van der Waals surface area (Å²) in [6.07, 6.45) is 0. The number of hydrogen-bond acceptors (Lipinski definition) is 5. The molecule has 0 spiro atoms. The second kappa shape index (κ2) is 4.03. The maximum atomic E-state index is 4.70. The zero-order chi connectivity index (χ0) is 12.0. The normalized spacial score (nSPS) is 25.2. The van der Waals surface area contributed by atoms with E-state index in [4.69, 9.17) is 5.10 Å². The summed E-state index contributed by atoms with van der Waals surface area (Å²) in [7, 11) is 0. The Labute approximate surface area is 104 Å². The minimum atomic E-state index is 0.360. The maximum absolute atomic E-state index is 4.70. The van der Waals surface area contributed by atoms with Crippen molar-refractivity contribution in [2.75, 3.05) is 13.1 Å². The van der Waals surface area contributed by atoms with Crippen molar-refractivity contribution in [1.29, 1.82) is 0 Å². The molecule has 0 bridgehead atoms. The molecular weight excluding hydrogens is 234 g/mol. The molecule has 0 aliphatic carbocycles. The van der Waals surface area contributed by atoms with Crippen molar-refractivity contribution in [3.8, 4) is 0 Å². The largest absolute Gasteiger partial charge is 0.316 e. The zero-order valence-corrected chi connectivity index (χ0v) is 11.2. The first-order valence-electron chi connectivity index (χ1n) is 6.09. The van der Waals surface area contributed by atoms with Crippen LogP contribution in [0, 0.1) is 5.92 Å². The fourth-order valence-corrected chi connectivity index (χ4v) is 3.38. The number of fused-ring (bicyclic) bond motifs is 1. The van der Waals surface area contributed by atoms with E-state index in [0.717, 1.165) is 23.9 Å². The van der Waals surface area contributed by atoms with Crippen molar-refractivity contribution in [1.82, 2.24) is 25.1 Å². The summed E-state index contributed by atoms with van der Waals surface area (Å²) in [6, 6.07) is 0. The molecule has 92 valence electrons. The summed E-state index contributed by atoms with van der Waals surface area (Å²) < 4.78 is 1.91. The van der Waals surface area contributed by atoms with Crippen LogP contribution in [0.5, 0.6) is 0 Å². The summed E-state index contributed by atoms with van der Waals surface area (Å²) in [5.41, 5.74) is 0. The molecular formula is C11H17N5S. The van der Waals surface area contributed by atoms with Gasteiger partial charge in [0.05, 0.1) is 0 Å². The standard InChI is InChI=1S/C11H17N5S/c1-6(2)9-13-14-11-16(9)15-10(17-11)8-5-12-4-7(8)3/h6-8,12H,4-5H2,1-3H3/t7-,8-/m1/s1. The molecule has 1 fully saturated rings. The second-order valence-corrected chi connectivity index (χ2v) is 6.08. The third-order valence-electron chi connectivity index (χ3n) is 3.38. The van der Waals surface area contributed by atoms with Crippen LogP contribution in [0.3, 0.4) is 0 Å². The van der Waals surface area contributed by atoms with E-state index in [9.17, 15) is 0 Å². The number of hydrogen-bond donors (Lipinski definition) is 1. The molecule has 0 radical (unpaired) electrons. The van der Waals surface area contributed by atoms with E-state index in [1.165, 1.54) is 5.01 Å². The zero-order valence-electron chi connectivity index (χ0n) is 10.3. The van der Waals surface area contributed by atoms with Gasteiger partial charge in [-0.2, -0.15) is 9.61 Å². The Balaban J connectivity index is 2.02. The van der Waals surface area contributed by atoms with Crippen LogP contribution >= 0.6 is 11.3 Å². The first kappa shape index (κ1) is 11.1. The summed E-state index contributed by atoms with van der Waals surface area (Å²) in [6.45, 7) is 8.63. The van der Waals surface area contributed by atoms with Gasteiger partial charge in [-0.05, 0) is 12.5 Å². The van der Waals surface area contributed by atoms with Gasteiger partial charge in [0.2, 0.25) is 4.96 Å². The highest BCUT2D eigenvalue weighted by Gasteiger charge is 2.28. The fraction of sp³-hybridized carbons (Fsp3) is 0.727. The second-order valence-electron chi connectivity index (χ2n) is 5.09. The van der Waals surface area contributed by atoms with E-state index in [2.05, 4.69) is 36.3 Å². The average Bonchev–Trinajstić information content (AvgIpc) is 2.89. The monoisotopic (exact) mass is 251 g/mol. The molecule has 3 heterocycles. The van der Waals surface area contributed by atoms with Gasteiger partial charge < -0.3 is 5.32 Å². The van der Waals surface area contributed by atoms with Crippen molar-refractivity contribution in [2.45, 2.75) is 32.6 Å². The lowest BCUT2D eigenvalue weighted by Gasteiger charge is -2.09. The Morgan fingerprint density at radius 2 is 2.18 bits per heavy atom. The molecule has 1 N–H and O–H groups in total. The predicted octanol–water partition coefficient (Wildman–Crippen LogP) is 1.63. The van der Waals surface area contributed by atoms with E-state index in [-0.39, 0.29) is 0 Å². The summed E-state index contributed by atoms with van der Waals surface area (Å²) in [5, 5.41) is 17.7. The van der Waals surface area contributed by atoms with Crippen molar-refractivity contribution in [3.05, 3.63) is 10.8 Å². The van der Waals surface area contributed by atoms with E-state index in [1.807, 2.05) is 4.52 Å². The highest BCUT2D eigenvalue weighted by atomic mass is 32.1. The molecule has 1 aliphatic rings. The Kier molecular flexibility index (Phi) is 2.63. The summed E-state index contributed by atoms with van der Waals surface area (Å²) in [5.74, 6) is 2.50. The molecule has 3 rings (SSSR count). The smallest absolute Gasteiger partial charge is 0.234 e. The van der Waals surface area contributed by atoms with Gasteiger partial charge in [-0.1, -0.05) is 32.1 Å². The molecule has 2 aromatic rings. The molecule has 0 amide bonds. The van der Waals surface area contributed by atoms with Crippen LogP contribution in [0.4, 0.5) is 0 Å². The topological polar surface area (TPSA) is 55.1 Å². The summed E-state index contributed by atoms with van der Waals surface area (Å²) >= 11 is 1.67. The minimum Gasteiger partial charge on any atom is -0.316 e. The number of aromatic nitrogens is 4. The molecule has 0 aromatic carbocycles. The number of rotatable bonds is 2. The highest BCUT2D eigenvalue weighted by Crippen LogP contribution is 2.31. The Hall–Kier alpha value is -1.01.